The van der Waals surface area contributed by atoms with E-state index in [0.29, 0.717) is 18.2 Å². The van der Waals surface area contributed by atoms with E-state index in [-0.39, 0.29) is 5.91 Å². The Kier molecular flexibility index (Phi) is 3.82. The monoisotopic (exact) mass is 289 g/mol. The molecule has 5 nitrogen and oxygen atoms in total. The fourth-order valence-electron chi connectivity index (χ4n) is 2.81. The molecule has 0 spiro atoms. The summed E-state index contributed by atoms with van der Waals surface area (Å²) in [6, 6.07) is 7.27. The predicted molar refractivity (Wildman–Crippen MR) is 77.2 cm³/mol. The number of hydrogen-bond acceptors (Lipinski definition) is 3. The fraction of sp³-hybridized carbons (Fsp3) is 0.500. The number of nitrogens with one attached hydrogen (secondary N) is 1. The largest absolute Gasteiger partial charge is 0.490 e. The number of carbonyl (C=O) groups is 2. The van der Waals surface area contributed by atoms with E-state index in [0.717, 1.165) is 18.6 Å². The minimum atomic E-state index is -0.893. The summed E-state index contributed by atoms with van der Waals surface area (Å²) >= 11 is 0. The van der Waals surface area contributed by atoms with Gasteiger partial charge >= 0.3 is 5.97 Å². The van der Waals surface area contributed by atoms with Gasteiger partial charge in [0, 0.05) is 5.69 Å². The second-order valence-electron chi connectivity index (χ2n) is 5.82. The molecule has 21 heavy (non-hydrogen) atoms. The Hall–Kier alpha value is -2.04. The van der Waals surface area contributed by atoms with Crippen LogP contribution in [0.5, 0.6) is 5.75 Å². The van der Waals surface area contributed by atoms with E-state index in [9.17, 15) is 9.59 Å². The van der Waals surface area contributed by atoms with Gasteiger partial charge in [-0.05, 0) is 56.4 Å². The second-order valence-corrected chi connectivity index (χ2v) is 5.82. The third-order valence-corrected chi connectivity index (χ3v) is 4.17. The van der Waals surface area contributed by atoms with Gasteiger partial charge in [-0.1, -0.05) is 0 Å². The van der Waals surface area contributed by atoms with Crippen molar-refractivity contribution < 1.29 is 19.4 Å². The van der Waals surface area contributed by atoms with Crippen molar-refractivity contribution in [2.75, 3.05) is 5.32 Å². The SMILES string of the molecule is O=C(O)C1CC1C(=O)Nc1ccc(OC2CCCC2)cc1. The highest BCUT2D eigenvalue weighted by molar-refractivity contribution is 5.98. The van der Waals surface area contributed by atoms with Crippen LogP contribution in [-0.4, -0.2) is 23.1 Å². The van der Waals surface area contributed by atoms with Gasteiger partial charge in [0.05, 0.1) is 17.9 Å². The van der Waals surface area contributed by atoms with Crippen LogP contribution in [0.25, 0.3) is 0 Å². The van der Waals surface area contributed by atoms with Crippen molar-refractivity contribution in [2.24, 2.45) is 11.8 Å². The van der Waals surface area contributed by atoms with E-state index in [1.54, 1.807) is 12.1 Å². The Morgan fingerprint density at radius 3 is 2.33 bits per heavy atom. The van der Waals surface area contributed by atoms with Gasteiger partial charge in [0.1, 0.15) is 5.75 Å². The van der Waals surface area contributed by atoms with Crippen LogP contribution in [0.1, 0.15) is 32.1 Å². The highest BCUT2D eigenvalue weighted by atomic mass is 16.5. The summed E-state index contributed by atoms with van der Waals surface area (Å²) in [6.07, 6.45) is 5.42. The van der Waals surface area contributed by atoms with Gasteiger partial charge in [0.25, 0.3) is 0 Å². The Balaban J connectivity index is 1.52. The Morgan fingerprint density at radius 1 is 1.10 bits per heavy atom. The van der Waals surface area contributed by atoms with Crippen LogP contribution >= 0.6 is 0 Å². The number of benzene rings is 1. The van der Waals surface area contributed by atoms with Crippen molar-refractivity contribution in [3.05, 3.63) is 24.3 Å². The lowest BCUT2D eigenvalue weighted by Crippen LogP contribution is -2.16. The van der Waals surface area contributed by atoms with Gasteiger partial charge in [-0.3, -0.25) is 9.59 Å². The summed E-state index contributed by atoms with van der Waals surface area (Å²) in [4.78, 5) is 22.6. The highest BCUT2D eigenvalue weighted by Crippen LogP contribution is 2.39. The molecule has 0 radical (unpaired) electrons. The predicted octanol–water partition coefficient (Wildman–Crippen LogP) is 2.67. The standard InChI is InChI=1S/C16H19NO4/c18-15(13-9-14(13)16(19)20)17-10-5-7-12(8-6-10)21-11-3-1-2-4-11/h5-8,11,13-14H,1-4,9H2,(H,17,18)(H,19,20). The molecule has 0 aliphatic heterocycles. The molecule has 5 heteroatoms. The van der Waals surface area contributed by atoms with E-state index in [2.05, 4.69) is 5.32 Å². The average Bonchev–Trinajstić information content (AvgIpc) is 3.13. The number of anilines is 1. The third kappa shape index (κ3) is 3.35. The molecule has 112 valence electrons. The zero-order valence-corrected chi connectivity index (χ0v) is 11.7. The minimum absolute atomic E-state index is 0.216. The lowest BCUT2D eigenvalue weighted by Gasteiger charge is -2.13. The first-order valence-electron chi connectivity index (χ1n) is 7.44. The molecular weight excluding hydrogens is 270 g/mol. The van der Waals surface area contributed by atoms with Crippen molar-refractivity contribution in [1.82, 2.24) is 0 Å². The lowest BCUT2D eigenvalue weighted by atomic mass is 10.2. The number of aliphatic carboxylic acids is 1. The van der Waals surface area contributed by atoms with Gasteiger partial charge in [-0.15, -0.1) is 0 Å². The molecule has 1 aromatic carbocycles. The maximum Gasteiger partial charge on any atom is 0.307 e. The molecule has 0 heterocycles. The molecule has 0 aromatic heterocycles. The second kappa shape index (κ2) is 5.76. The number of ether oxygens (including phenoxy) is 1. The Bertz CT molecular complexity index is 534. The van der Waals surface area contributed by atoms with E-state index >= 15 is 0 Å². The van der Waals surface area contributed by atoms with E-state index in [1.165, 1.54) is 12.8 Å². The van der Waals surface area contributed by atoms with Gasteiger partial charge in [-0.25, -0.2) is 0 Å². The zero-order valence-electron chi connectivity index (χ0n) is 11.7. The lowest BCUT2D eigenvalue weighted by molar-refractivity contribution is -0.139. The molecule has 2 atom stereocenters. The molecule has 2 aliphatic carbocycles. The van der Waals surface area contributed by atoms with Crippen LogP contribution in [0.15, 0.2) is 24.3 Å². The molecule has 0 bridgehead atoms. The average molecular weight is 289 g/mol. The summed E-state index contributed by atoms with van der Waals surface area (Å²) in [5.74, 6) is -1.20. The number of hydrogen-bond donors (Lipinski definition) is 2. The van der Waals surface area contributed by atoms with Gasteiger partial charge < -0.3 is 15.2 Å². The Morgan fingerprint density at radius 2 is 1.76 bits per heavy atom. The van der Waals surface area contributed by atoms with E-state index < -0.39 is 17.8 Å². The Labute approximate surface area is 123 Å². The number of carboxylic acid groups (broad SMARTS) is 1. The maximum atomic E-state index is 11.8. The topological polar surface area (TPSA) is 75.6 Å². The molecule has 0 saturated heterocycles. The molecule has 2 unspecified atom stereocenters. The maximum absolute atomic E-state index is 11.8. The van der Waals surface area contributed by atoms with Gasteiger partial charge in [-0.2, -0.15) is 0 Å². The summed E-state index contributed by atoms with van der Waals surface area (Å²) in [7, 11) is 0. The number of rotatable bonds is 5. The van der Waals surface area contributed by atoms with Crippen LogP contribution < -0.4 is 10.1 Å². The molecule has 2 aliphatic rings. The number of carboxylic acids is 1. The molecule has 2 N–H and O–H groups in total. The van der Waals surface area contributed by atoms with Crippen molar-refractivity contribution in [2.45, 2.75) is 38.2 Å². The summed E-state index contributed by atoms with van der Waals surface area (Å²) in [6.45, 7) is 0. The molecule has 1 amide bonds. The van der Waals surface area contributed by atoms with Crippen molar-refractivity contribution in [1.29, 1.82) is 0 Å². The molecular formula is C16H19NO4. The van der Waals surface area contributed by atoms with E-state index in [4.69, 9.17) is 9.84 Å². The van der Waals surface area contributed by atoms with E-state index in [1.807, 2.05) is 12.1 Å². The number of carbonyl (C=O) groups excluding carboxylic acids is 1. The minimum Gasteiger partial charge on any atom is -0.490 e. The molecule has 3 rings (SSSR count). The molecule has 2 saturated carbocycles. The quantitative estimate of drug-likeness (QED) is 0.873. The van der Waals surface area contributed by atoms with Crippen LogP contribution in [0.4, 0.5) is 5.69 Å². The van der Waals surface area contributed by atoms with Crippen LogP contribution in [0.2, 0.25) is 0 Å². The highest BCUT2D eigenvalue weighted by Gasteiger charge is 2.48. The first-order valence-corrected chi connectivity index (χ1v) is 7.44. The van der Waals surface area contributed by atoms with Crippen LogP contribution in [-0.2, 0) is 9.59 Å². The van der Waals surface area contributed by atoms with Crippen molar-refractivity contribution in [3.63, 3.8) is 0 Å². The van der Waals surface area contributed by atoms with Crippen molar-refractivity contribution in [3.8, 4) is 5.75 Å². The summed E-state index contributed by atoms with van der Waals surface area (Å²) in [5, 5.41) is 11.6. The smallest absolute Gasteiger partial charge is 0.307 e. The zero-order chi connectivity index (χ0) is 14.8. The summed E-state index contributed by atoms with van der Waals surface area (Å²) in [5.41, 5.74) is 0.676. The van der Waals surface area contributed by atoms with Crippen LogP contribution in [0.3, 0.4) is 0 Å². The number of amides is 1. The van der Waals surface area contributed by atoms with Gasteiger partial charge in [0.2, 0.25) is 5.91 Å². The molecule has 2 fully saturated rings. The first-order chi connectivity index (χ1) is 10.1. The van der Waals surface area contributed by atoms with Gasteiger partial charge in [0.15, 0.2) is 0 Å². The fourth-order valence-corrected chi connectivity index (χ4v) is 2.81. The van der Waals surface area contributed by atoms with Crippen LogP contribution in [0, 0.1) is 11.8 Å². The third-order valence-electron chi connectivity index (χ3n) is 4.17. The van der Waals surface area contributed by atoms with Crippen molar-refractivity contribution >= 4 is 17.6 Å². The first kappa shape index (κ1) is 13.9. The molecule has 1 aromatic rings. The normalized spacial score (nSPS) is 24.6. The summed E-state index contributed by atoms with van der Waals surface area (Å²) < 4.78 is 5.85.